The highest BCUT2D eigenvalue weighted by atomic mass is 16.5. The zero-order chi connectivity index (χ0) is 48.1. The van der Waals surface area contributed by atoms with Crippen LogP contribution in [0.15, 0.2) is 176 Å². The zero-order valence-corrected chi connectivity index (χ0v) is 36.0. The number of anilines is 3. The fourth-order valence-corrected chi connectivity index (χ4v) is 9.15. The van der Waals surface area contributed by atoms with Crippen LogP contribution in [0.1, 0.15) is 63.2 Å². The van der Waals surface area contributed by atoms with Crippen molar-refractivity contribution in [1.29, 1.82) is 0 Å². The lowest BCUT2D eigenvalue weighted by molar-refractivity contribution is 0.306. The van der Waals surface area contributed by atoms with E-state index in [1.807, 2.05) is 85.1 Å². The van der Waals surface area contributed by atoms with Gasteiger partial charge in [-0.1, -0.05) is 130 Å². The molecule has 5 nitrogen and oxygen atoms in total. The fourth-order valence-electron chi connectivity index (χ4n) is 9.15. The van der Waals surface area contributed by atoms with E-state index in [1.54, 1.807) is 12.1 Å². The molecule has 5 heteroatoms. The van der Waals surface area contributed by atoms with Crippen molar-refractivity contribution in [2.45, 2.75) is 59.3 Å². The molecule has 3 heterocycles. The number of pyridine rings is 1. The lowest BCUT2D eigenvalue weighted by Crippen LogP contribution is -2.29. The highest BCUT2D eigenvalue weighted by Gasteiger charge is 2.28. The van der Waals surface area contributed by atoms with Gasteiger partial charge in [-0.3, -0.25) is 4.57 Å². The van der Waals surface area contributed by atoms with Gasteiger partial charge in [0, 0.05) is 43.5 Å². The summed E-state index contributed by atoms with van der Waals surface area (Å²) in [6.07, 6.45) is 2.97. The summed E-state index contributed by atoms with van der Waals surface area (Å²) in [5.41, 5.74) is 12.0. The van der Waals surface area contributed by atoms with E-state index in [2.05, 4.69) is 114 Å². The molecule has 10 rings (SSSR count). The van der Waals surface area contributed by atoms with Gasteiger partial charge in [0.05, 0.1) is 29.1 Å². The molecule has 0 saturated heterocycles. The molecule has 0 fully saturated rings. The number of aryl methyl sites for hydroxylation is 2. The minimum Gasteiger partial charge on any atom is -0.489 e. The number of ether oxygens (including phenoxy) is 1. The third kappa shape index (κ3) is 7.85. The first kappa shape index (κ1) is 33.5. The van der Waals surface area contributed by atoms with Crippen LogP contribution < -0.4 is 14.5 Å². The van der Waals surface area contributed by atoms with E-state index in [4.69, 9.17) is 17.9 Å². The Labute approximate surface area is 380 Å². The molecule has 7 aromatic carbocycles. The highest BCUT2D eigenvalue weighted by molar-refractivity contribution is 6.09. The summed E-state index contributed by atoms with van der Waals surface area (Å²) >= 11 is 0. The summed E-state index contributed by atoms with van der Waals surface area (Å²) in [6.45, 7) is 3.21. The Hall–Kier alpha value is -7.11. The van der Waals surface area contributed by atoms with Crippen molar-refractivity contribution in [3.63, 3.8) is 0 Å². The van der Waals surface area contributed by atoms with E-state index in [1.165, 1.54) is 5.56 Å². The topological polar surface area (TPSA) is 33.5 Å². The molecule has 0 spiro atoms. The standard InChI is InChI=1S/C58H54N4O/c1-40-16-11-25-50(45-22-14-21-44(35-45)43-19-7-6-8-20-43)49(40)26-15-33-60-39-61(54-28-12-17-41(2)57(54)60)47-23-13-18-42(34-47)38-63-48-29-30-52-51-24-9-10-27-53(51)62(55(52)37-48)56-36-46(31-32-59-56)58(3,4)5/h6-14,16-25,27-32,34-37H,15,26,33,38-39H2,1-5H3/i1D3,2D3. The number of benzene rings is 7. The average Bonchev–Trinajstić information content (AvgIpc) is 3.88. The predicted molar refractivity (Wildman–Crippen MR) is 264 cm³/mol. The van der Waals surface area contributed by atoms with Crippen LogP contribution in [0.25, 0.3) is 49.9 Å². The molecule has 312 valence electrons. The molecule has 0 bridgehead atoms. The van der Waals surface area contributed by atoms with E-state index in [9.17, 15) is 0 Å². The van der Waals surface area contributed by atoms with Gasteiger partial charge >= 0.3 is 0 Å². The van der Waals surface area contributed by atoms with Gasteiger partial charge in [-0.15, -0.1) is 0 Å². The number of hydrogen-bond acceptors (Lipinski definition) is 4. The van der Waals surface area contributed by atoms with E-state index in [0.29, 0.717) is 43.9 Å². The monoisotopic (exact) mass is 828 g/mol. The maximum atomic E-state index is 8.57. The third-order valence-electron chi connectivity index (χ3n) is 12.4. The number of hydrogen-bond donors (Lipinski definition) is 0. The summed E-state index contributed by atoms with van der Waals surface area (Å²) < 4.78 is 60.0. The molecule has 0 aliphatic carbocycles. The van der Waals surface area contributed by atoms with E-state index >= 15 is 0 Å². The maximum absolute atomic E-state index is 8.57. The molecular formula is C58H54N4O. The molecule has 0 saturated carbocycles. The molecule has 9 aromatic rings. The normalized spacial score (nSPS) is 14.5. The van der Waals surface area contributed by atoms with Crippen molar-refractivity contribution < 1.29 is 13.0 Å². The van der Waals surface area contributed by atoms with E-state index in [-0.39, 0.29) is 11.0 Å². The fraction of sp³-hybridized carbons (Fsp3) is 0.190. The highest BCUT2D eigenvalue weighted by Crippen LogP contribution is 2.43. The minimum absolute atomic E-state index is 0.0377. The molecule has 0 unspecified atom stereocenters. The van der Waals surface area contributed by atoms with Crippen LogP contribution in [0.2, 0.25) is 0 Å². The third-order valence-corrected chi connectivity index (χ3v) is 12.4. The number of fused-ring (bicyclic) bond motifs is 4. The second-order valence-corrected chi connectivity index (χ2v) is 17.5. The number of rotatable bonds is 11. The Kier molecular flexibility index (Phi) is 8.85. The zero-order valence-electron chi connectivity index (χ0n) is 42.0. The van der Waals surface area contributed by atoms with Crippen molar-refractivity contribution in [3.8, 4) is 33.8 Å². The molecule has 0 amide bonds. The van der Waals surface area contributed by atoms with Gasteiger partial charge in [-0.25, -0.2) is 4.98 Å². The molecule has 2 aromatic heterocycles. The van der Waals surface area contributed by atoms with E-state index < -0.39 is 13.7 Å². The Morgan fingerprint density at radius 2 is 1.41 bits per heavy atom. The van der Waals surface area contributed by atoms with Crippen molar-refractivity contribution in [1.82, 2.24) is 9.55 Å². The first-order valence-corrected chi connectivity index (χ1v) is 21.8. The summed E-state index contributed by atoms with van der Waals surface area (Å²) in [4.78, 5) is 9.13. The van der Waals surface area contributed by atoms with Crippen molar-refractivity contribution in [3.05, 3.63) is 204 Å². The SMILES string of the molecule is [2H]C([2H])([2H])c1cccc(-c2cccc(-c3ccccc3)c2)c1CCCN1CN(c2cccc(COc3ccc4c5ccccc5n(-c5cc(C(C)(C)C)ccn5)c4c3)c2)c2cccc(C([2H])([2H])[2H])c21. The molecule has 1 aliphatic heterocycles. The second-order valence-electron chi connectivity index (χ2n) is 17.5. The maximum Gasteiger partial charge on any atom is 0.137 e. The van der Waals surface area contributed by atoms with Crippen LogP contribution in [-0.4, -0.2) is 22.8 Å². The molecule has 0 atom stereocenters. The van der Waals surface area contributed by atoms with Crippen LogP contribution in [0, 0.1) is 13.7 Å². The van der Waals surface area contributed by atoms with Gasteiger partial charge in [0.15, 0.2) is 0 Å². The largest absolute Gasteiger partial charge is 0.489 e. The molecule has 0 N–H and O–H groups in total. The Morgan fingerprint density at radius 1 is 0.651 bits per heavy atom. The molecule has 63 heavy (non-hydrogen) atoms. The van der Waals surface area contributed by atoms with Crippen LogP contribution in [-0.2, 0) is 18.4 Å². The van der Waals surface area contributed by atoms with Gasteiger partial charge in [-0.2, -0.15) is 0 Å². The van der Waals surface area contributed by atoms with Gasteiger partial charge in [0.2, 0.25) is 0 Å². The second kappa shape index (κ2) is 16.6. The summed E-state index contributed by atoms with van der Waals surface area (Å²) in [7, 11) is 0. The minimum atomic E-state index is -2.35. The van der Waals surface area contributed by atoms with Crippen LogP contribution >= 0.6 is 0 Å². The summed E-state index contributed by atoms with van der Waals surface area (Å²) in [5, 5.41) is 2.26. The Balaban J connectivity index is 0.919. The molecule has 1 aliphatic rings. The average molecular weight is 829 g/mol. The van der Waals surface area contributed by atoms with Crippen LogP contribution in [0.5, 0.6) is 5.75 Å². The number of para-hydroxylation sites is 2. The van der Waals surface area contributed by atoms with Gasteiger partial charge < -0.3 is 14.5 Å². The molecular weight excluding hydrogens is 769 g/mol. The van der Waals surface area contributed by atoms with Gasteiger partial charge in [0.1, 0.15) is 18.2 Å². The van der Waals surface area contributed by atoms with Crippen LogP contribution in [0.3, 0.4) is 0 Å². The quantitative estimate of drug-likeness (QED) is 0.130. The molecule has 0 radical (unpaired) electrons. The summed E-state index contributed by atoms with van der Waals surface area (Å²) in [6, 6.07) is 56.6. The summed E-state index contributed by atoms with van der Waals surface area (Å²) in [5.74, 6) is 1.59. The first-order chi connectivity index (χ1) is 33.1. The lowest BCUT2D eigenvalue weighted by Gasteiger charge is -2.23. The van der Waals surface area contributed by atoms with E-state index in [0.717, 1.165) is 78.1 Å². The smallest absolute Gasteiger partial charge is 0.137 e. The van der Waals surface area contributed by atoms with Crippen molar-refractivity contribution in [2.75, 3.05) is 23.0 Å². The van der Waals surface area contributed by atoms with Crippen LogP contribution in [0.4, 0.5) is 17.1 Å². The number of aromatic nitrogens is 2. The van der Waals surface area contributed by atoms with Crippen molar-refractivity contribution >= 4 is 38.9 Å². The van der Waals surface area contributed by atoms with Gasteiger partial charge in [0.25, 0.3) is 0 Å². The lowest BCUT2D eigenvalue weighted by atomic mass is 9.88. The van der Waals surface area contributed by atoms with Crippen molar-refractivity contribution in [2.24, 2.45) is 0 Å². The first-order valence-electron chi connectivity index (χ1n) is 24.8. The Morgan fingerprint density at radius 3 is 2.29 bits per heavy atom. The number of nitrogens with zero attached hydrogens (tertiary/aromatic N) is 4. The predicted octanol–water partition coefficient (Wildman–Crippen LogP) is 14.6. The Bertz CT molecular complexity index is 3330. The van der Waals surface area contributed by atoms with Gasteiger partial charge in [-0.05, 0) is 137 Å².